The molecule has 0 bridgehead atoms. The summed E-state index contributed by atoms with van der Waals surface area (Å²) in [4.78, 5) is 12.4. The van der Waals surface area contributed by atoms with Crippen molar-refractivity contribution >= 4 is 17.3 Å². The summed E-state index contributed by atoms with van der Waals surface area (Å²) < 4.78 is 5.15. The van der Waals surface area contributed by atoms with Crippen LogP contribution in [0.15, 0.2) is 40.8 Å². The highest BCUT2D eigenvalue weighted by molar-refractivity contribution is 7.09. The average molecular weight is 332 g/mol. The third kappa shape index (κ3) is 5.56. The first-order chi connectivity index (χ1) is 11.2. The second-order valence-corrected chi connectivity index (χ2v) is 6.16. The summed E-state index contributed by atoms with van der Waals surface area (Å²) in [7, 11) is 3.69. The normalized spacial score (nSPS) is 11.3. The number of hydrogen-bond donors (Lipinski definition) is 1. The molecule has 0 saturated carbocycles. The highest BCUT2D eigenvalue weighted by Gasteiger charge is 2.06. The zero-order valence-corrected chi connectivity index (χ0v) is 14.8. The Bertz CT molecular complexity index is 613. The molecule has 0 atom stereocenters. The van der Waals surface area contributed by atoms with E-state index in [2.05, 4.69) is 46.7 Å². The van der Waals surface area contributed by atoms with Gasteiger partial charge in [-0.3, -0.25) is 0 Å². The first-order valence-electron chi connectivity index (χ1n) is 7.73. The summed E-state index contributed by atoms with van der Waals surface area (Å²) in [5.74, 6) is 1.54. The van der Waals surface area contributed by atoms with Crippen LogP contribution >= 0.6 is 11.3 Å². The molecule has 0 unspecified atom stereocenters. The lowest BCUT2D eigenvalue weighted by Crippen LogP contribution is -2.39. The first kappa shape index (κ1) is 17.3. The number of rotatable bonds is 7. The fraction of sp³-hybridized carbons (Fsp3) is 0.412. The molecular weight excluding hydrogens is 308 g/mol. The summed E-state index contributed by atoms with van der Waals surface area (Å²) in [6, 6.07) is 8.14. The highest BCUT2D eigenvalue weighted by atomic mass is 32.1. The van der Waals surface area contributed by atoms with E-state index in [-0.39, 0.29) is 0 Å². The number of guanidine groups is 1. The molecule has 0 amide bonds. The zero-order chi connectivity index (χ0) is 16.5. The van der Waals surface area contributed by atoms with Crippen LogP contribution in [0.4, 0.5) is 0 Å². The van der Waals surface area contributed by atoms with Gasteiger partial charge in [0.2, 0.25) is 5.88 Å². The van der Waals surface area contributed by atoms with Crippen molar-refractivity contribution in [2.24, 2.45) is 4.99 Å². The number of thiophene rings is 1. The van der Waals surface area contributed by atoms with Gasteiger partial charge < -0.3 is 15.0 Å². The van der Waals surface area contributed by atoms with Crippen molar-refractivity contribution in [3.63, 3.8) is 0 Å². The Labute approximate surface area is 142 Å². The topological polar surface area (TPSA) is 49.8 Å². The second-order valence-electron chi connectivity index (χ2n) is 5.13. The van der Waals surface area contributed by atoms with Crippen LogP contribution < -0.4 is 10.1 Å². The maximum atomic E-state index is 5.15. The Morgan fingerprint density at radius 2 is 2.30 bits per heavy atom. The van der Waals surface area contributed by atoms with Gasteiger partial charge in [-0.1, -0.05) is 6.07 Å². The van der Waals surface area contributed by atoms with Crippen LogP contribution in [0.5, 0.6) is 5.88 Å². The van der Waals surface area contributed by atoms with Gasteiger partial charge in [-0.2, -0.15) is 0 Å². The number of aliphatic imine (C=N–C) groups is 1. The SMILES string of the molecule is CCNC(=NCc1ccnc(OC)c1)N(C)CCc1cccs1. The quantitative estimate of drug-likeness (QED) is 0.626. The van der Waals surface area contributed by atoms with Gasteiger partial charge in [0.05, 0.1) is 13.7 Å². The summed E-state index contributed by atoms with van der Waals surface area (Å²) >= 11 is 1.80. The number of aromatic nitrogens is 1. The molecule has 2 heterocycles. The number of nitrogens with one attached hydrogen (secondary N) is 1. The molecule has 2 aromatic rings. The van der Waals surface area contributed by atoms with Gasteiger partial charge in [-0.25, -0.2) is 9.98 Å². The van der Waals surface area contributed by atoms with Crippen LogP contribution in [0.2, 0.25) is 0 Å². The van der Waals surface area contributed by atoms with Crippen LogP contribution in [0.25, 0.3) is 0 Å². The molecular formula is C17H24N4OS. The molecule has 0 radical (unpaired) electrons. The van der Waals surface area contributed by atoms with Crippen LogP contribution in [0, 0.1) is 0 Å². The summed E-state index contributed by atoms with van der Waals surface area (Å²) in [5, 5.41) is 5.46. The van der Waals surface area contributed by atoms with E-state index in [1.807, 2.05) is 12.1 Å². The van der Waals surface area contributed by atoms with Crippen molar-refractivity contribution in [1.82, 2.24) is 15.2 Å². The van der Waals surface area contributed by atoms with Gasteiger partial charge in [0.25, 0.3) is 0 Å². The monoisotopic (exact) mass is 332 g/mol. The van der Waals surface area contributed by atoms with Crippen molar-refractivity contribution in [2.75, 3.05) is 27.2 Å². The van der Waals surface area contributed by atoms with Gasteiger partial charge in [-0.05, 0) is 36.4 Å². The van der Waals surface area contributed by atoms with Gasteiger partial charge >= 0.3 is 0 Å². The van der Waals surface area contributed by atoms with E-state index in [0.29, 0.717) is 12.4 Å². The van der Waals surface area contributed by atoms with Crippen molar-refractivity contribution in [1.29, 1.82) is 0 Å². The van der Waals surface area contributed by atoms with E-state index in [4.69, 9.17) is 9.73 Å². The van der Waals surface area contributed by atoms with Gasteiger partial charge in [0, 0.05) is 37.3 Å². The van der Waals surface area contributed by atoms with Crippen molar-refractivity contribution < 1.29 is 4.74 Å². The fourth-order valence-electron chi connectivity index (χ4n) is 2.13. The van der Waals surface area contributed by atoms with Gasteiger partial charge in [0.1, 0.15) is 0 Å². The minimum absolute atomic E-state index is 0.602. The lowest BCUT2D eigenvalue weighted by molar-refractivity contribution is 0.397. The number of pyridine rings is 1. The fourth-order valence-corrected chi connectivity index (χ4v) is 2.83. The summed E-state index contributed by atoms with van der Waals surface area (Å²) in [6.45, 7) is 4.47. The Kier molecular flexibility index (Phi) is 6.87. The molecule has 2 aromatic heterocycles. The molecule has 124 valence electrons. The maximum Gasteiger partial charge on any atom is 0.213 e. The third-order valence-electron chi connectivity index (χ3n) is 3.39. The average Bonchev–Trinajstić information content (AvgIpc) is 3.10. The van der Waals surface area contributed by atoms with Crippen LogP contribution in [-0.2, 0) is 13.0 Å². The van der Waals surface area contributed by atoms with Crippen molar-refractivity contribution in [2.45, 2.75) is 19.9 Å². The Hall–Kier alpha value is -2.08. The molecule has 1 N–H and O–H groups in total. The largest absolute Gasteiger partial charge is 0.481 e. The lowest BCUT2D eigenvalue weighted by Gasteiger charge is -2.21. The number of hydrogen-bond acceptors (Lipinski definition) is 4. The van der Waals surface area contributed by atoms with Crippen LogP contribution in [0.3, 0.4) is 0 Å². The molecule has 6 heteroatoms. The zero-order valence-electron chi connectivity index (χ0n) is 14.0. The van der Waals surface area contributed by atoms with Crippen LogP contribution in [-0.4, -0.2) is 43.1 Å². The molecule has 5 nitrogen and oxygen atoms in total. The first-order valence-corrected chi connectivity index (χ1v) is 8.61. The molecule has 0 aliphatic rings. The van der Waals surface area contributed by atoms with Gasteiger partial charge in [0.15, 0.2) is 5.96 Å². The smallest absolute Gasteiger partial charge is 0.213 e. The van der Waals surface area contributed by atoms with Crippen molar-refractivity contribution in [3.05, 3.63) is 46.3 Å². The maximum absolute atomic E-state index is 5.15. The Morgan fingerprint density at radius 3 is 3.00 bits per heavy atom. The van der Waals surface area contributed by atoms with Crippen LogP contribution in [0.1, 0.15) is 17.4 Å². The molecule has 2 rings (SSSR count). The van der Waals surface area contributed by atoms with Crippen molar-refractivity contribution in [3.8, 4) is 5.88 Å². The number of ether oxygens (including phenoxy) is 1. The predicted molar refractivity (Wildman–Crippen MR) is 96.3 cm³/mol. The summed E-state index contributed by atoms with van der Waals surface area (Å²) in [5.41, 5.74) is 1.08. The molecule has 0 aromatic carbocycles. The van der Waals surface area contributed by atoms with E-state index < -0.39 is 0 Å². The van der Waals surface area contributed by atoms with E-state index >= 15 is 0 Å². The second kappa shape index (κ2) is 9.15. The molecule has 0 saturated heterocycles. The third-order valence-corrected chi connectivity index (χ3v) is 4.33. The Morgan fingerprint density at radius 1 is 1.43 bits per heavy atom. The summed E-state index contributed by atoms with van der Waals surface area (Å²) in [6.07, 6.45) is 2.78. The molecule has 0 spiro atoms. The lowest BCUT2D eigenvalue weighted by atomic mass is 10.3. The van der Waals surface area contributed by atoms with E-state index in [1.54, 1.807) is 24.6 Å². The molecule has 0 aliphatic carbocycles. The van der Waals surface area contributed by atoms with E-state index in [0.717, 1.165) is 31.0 Å². The predicted octanol–water partition coefficient (Wildman–Crippen LogP) is 2.79. The molecule has 0 aliphatic heterocycles. The molecule has 23 heavy (non-hydrogen) atoms. The van der Waals surface area contributed by atoms with E-state index in [1.165, 1.54) is 4.88 Å². The minimum atomic E-state index is 0.602. The Balaban J connectivity index is 1.97. The molecule has 0 fully saturated rings. The number of nitrogens with zero attached hydrogens (tertiary/aromatic N) is 3. The minimum Gasteiger partial charge on any atom is -0.481 e. The highest BCUT2D eigenvalue weighted by Crippen LogP contribution is 2.11. The number of methoxy groups -OCH3 is 1. The van der Waals surface area contributed by atoms with Gasteiger partial charge in [-0.15, -0.1) is 11.3 Å². The van der Waals surface area contributed by atoms with E-state index in [9.17, 15) is 0 Å². The standard InChI is InChI=1S/C17H24N4OS/c1-4-18-17(21(2)10-8-15-6-5-11-23-15)20-13-14-7-9-19-16(12-14)22-3/h5-7,9,11-12H,4,8,10,13H2,1-3H3,(H,18,20). The number of likely N-dealkylation sites (N-methyl/N-ethyl adjacent to an activating group) is 1.